The zero-order valence-corrected chi connectivity index (χ0v) is 32.2. The first kappa shape index (κ1) is 41.3. The first-order chi connectivity index (χ1) is 23.6. The molecule has 0 aliphatic heterocycles. The predicted octanol–water partition coefficient (Wildman–Crippen LogP) is 9.17. The highest BCUT2D eigenvalue weighted by Crippen LogP contribution is 2.34. The van der Waals surface area contributed by atoms with Crippen molar-refractivity contribution >= 4 is 68.5 Å². The van der Waals surface area contributed by atoms with Crippen LogP contribution in [0, 0.1) is 11.8 Å². The number of esters is 2. The van der Waals surface area contributed by atoms with Crippen LogP contribution in [0.15, 0.2) is 60.9 Å². The Bertz CT molecular complexity index is 1650. The lowest BCUT2D eigenvalue weighted by molar-refractivity contribution is -0.143. The summed E-state index contributed by atoms with van der Waals surface area (Å²) >= 11 is 2.45. The van der Waals surface area contributed by atoms with Gasteiger partial charge in [0.05, 0.1) is 51.8 Å². The summed E-state index contributed by atoms with van der Waals surface area (Å²) in [6, 6.07) is 14.9. The molecular weight excluding hydrogens is 739 g/mol. The van der Waals surface area contributed by atoms with Crippen molar-refractivity contribution in [3.8, 4) is 0 Å². The Balaban J connectivity index is 0.000000293. The maximum Gasteiger partial charge on any atom is 0.418 e. The molecule has 4 aromatic rings. The number of hydrogen-bond acceptors (Lipinski definition) is 8. The van der Waals surface area contributed by atoms with E-state index in [-0.39, 0.29) is 18.4 Å². The van der Waals surface area contributed by atoms with E-state index >= 15 is 0 Å². The van der Waals surface area contributed by atoms with Crippen molar-refractivity contribution in [1.29, 1.82) is 0 Å². The van der Waals surface area contributed by atoms with Crippen molar-refractivity contribution in [1.82, 2.24) is 9.13 Å². The molecule has 268 valence electrons. The summed E-state index contributed by atoms with van der Waals surface area (Å²) in [5.41, 5.74) is 3.00. The molecule has 0 spiro atoms. The van der Waals surface area contributed by atoms with Crippen molar-refractivity contribution in [3.63, 3.8) is 0 Å². The molecule has 0 aliphatic rings. The molecule has 1 atom stereocenters. The Morgan fingerprint density at radius 1 is 0.653 bits per heavy atom. The molecule has 2 heterocycles. The van der Waals surface area contributed by atoms with Gasteiger partial charge in [-0.1, -0.05) is 112 Å². The maximum absolute atomic E-state index is 12.4. The zero-order chi connectivity index (χ0) is 36.5. The van der Waals surface area contributed by atoms with Gasteiger partial charge in [-0.2, -0.15) is 0 Å². The van der Waals surface area contributed by atoms with Gasteiger partial charge in [-0.3, -0.25) is 18.7 Å². The van der Waals surface area contributed by atoms with Crippen molar-refractivity contribution in [2.75, 3.05) is 32.9 Å². The number of carbonyl (C=O) groups excluding carboxylic acids is 4. The SMILES string of the molecule is CCC(CC)CC(C(=O)OC)c1cn(C(=O)OC)c2ccccc12.CCC(CC)CI.COC(=O)Cc1cn(C(=O)OC)c2ccccc12. The molecule has 10 nitrogen and oxygen atoms in total. The Hall–Kier alpha value is -3.87. The van der Waals surface area contributed by atoms with Gasteiger partial charge in [-0.05, 0) is 41.5 Å². The minimum absolute atomic E-state index is 0.126. The first-order valence-corrected chi connectivity index (χ1v) is 18.2. The Kier molecular flexibility index (Phi) is 17.9. The molecule has 11 heteroatoms. The van der Waals surface area contributed by atoms with E-state index in [0.29, 0.717) is 17.9 Å². The predicted molar refractivity (Wildman–Crippen MR) is 202 cm³/mol. The van der Waals surface area contributed by atoms with Crippen LogP contribution in [0.3, 0.4) is 0 Å². The lowest BCUT2D eigenvalue weighted by Crippen LogP contribution is -2.18. The third kappa shape index (κ3) is 11.1. The van der Waals surface area contributed by atoms with Crippen LogP contribution in [0.2, 0.25) is 0 Å². The molecule has 4 rings (SSSR count). The van der Waals surface area contributed by atoms with Crippen molar-refractivity contribution < 1.29 is 38.1 Å². The molecule has 0 amide bonds. The summed E-state index contributed by atoms with van der Waals surface area (Å²) in [5.74, 6) is 0.392. The topological polar surface area (TPSA) is 115 Å². The van der Waals surface area contributed by atoms with Gasteiger partial charge in [0.2, 0.25) is 0 Å². The average molecular weight is 791 g/mol. The average Bonchev–Trinajstić information content (AvgIpc) is 3.71. The van der Waals surface area contributed by atoms with Gasteiger partial charge < -0.3 is 18.9 Å². The highest BCUT2D eigenvalue weighted by Gasteiger charge is 2.28. The molecule has 0 aliphatic carbocycles. The molecule has 2 aromatic carbocycles. The summed E-state index contributed by atoms with van der Waals surface area (Å²) < 4.78 is 23.4. The third-order valence-corrected chi connectivity index (χ3v) is 10.0. The summed E-state index contributed by atoms with van der Waals surface area (Å²) in [6.07, 6.45) is 7.88. The van der Waals surface area contributed by atoms with Crippen LogP contribution in [-0.4, -0.2) is 66.1 Å². The first-order valence-electron chi connectivity index (χ1n) is 16.6. The van der Waals surface area contributed by atoms with Gasteiger partial charge in [0.15, 0.2) is 0 Å². The van der Waals surface area contributed by atoms with E-state index in [4.69, 9.17) is 14.2 Å². The van der Waals surface area contributed by atoms with Gasteiger partial charge >= 0.3 is 24.1 Å². The van der Waals surface area contributed by atoms with Crippen LogP contribution >= 0.6 is 22.6 Å². The second-order valence-corrected chi connectivity index (χ2v) is 12.4. The summed E-state index contributed by atoms with van der Waals surface area (Å²) in [7, 11) is 5.40. The molecular formula is C38H51IN2O8. The number of benzene rings is 2. The summed E-state index contributed by atoms with van der Waals surface area (Å²) in [6.45, 7) is 8.76. The van der Waals surface area contributed by atoms with Crippen LogP contribution in [-0.2, 0) is 35.0 Å². The number of carbonyl (C=O) groups is 4. The van der Waals surface area contributed by atoms with Crippen LogP contribution < -0.4 is 0 Å². The van der Waals surface area contributed by atoms with Gasteiger partial charge in [0.25, 0.3) is 0 Å². The number of aromatic nitrogens is 2. The lowest BCUT2D eigenvalue weighted by atomic mass is 9.86. The van der Waals surface area contributed by atoms with Gasteiger partial charge in [-0.25, -0.2) is 9.59 Å². The number of rotatable bonds is 11. The number of para-hydroxylation sites is 2. The van der Waals surface area contributed by atoms with Crippen LogP contribution in [0.4, 0.5) is 9.59 Å². The quantitative estimate of drug-likeness (QED) is 0.0640. The van der Waals surface area contributed by atoms with E-state index in [1.807, 2.05) is 42.5 Å². The second kappa shape index (κ2) is 21.3. The minimum atomic E-state index is -0.484. The molecule has 0 radical (unpaired) electrons. The lowest BCUT2D eigenvalue weighted by Gasteiger charge is -2.19. The van der Waals surface area contributed by atoms with Gasteiger partial charge in [0, 0.05) is 27.6 Å². The fourth-order valence-electron chi connectivity index (χ4n) is 5.56. The van der Waals surface area contributed by atoms with Crippen LogP contribution in [0.1, 0.15) is 76.8 Å². The summed E-state index contributed by atoms with van der Waals surface area (Å²) in [4.78, 5) is 47.4. The molecule has 0 saturated carbocycles. The largest absolute Gasteiger partial charge is 0.469 e. The van der Waals surface area contributed by atoms with Gasteiger partial charge in [0.1, 0.15) is 0 Å². The monoisotopic (exact) mass is 790 g/mol. The Labute approximate surface area is 303 Å². The van der Waals surface area contributed by atoms with E-state index in [1.165, 1.54) is 54.8 Å². The fraction of sp³-hybridized carbons (Fsp3) is 0.474. The number of alkyl halides is 1. The molecule has 0 saturated heterocycles. The Morgan fingerprint density at radius 3 is 1.59 bits per heavy atom. The molecule has 0 fully saturated rings. The van der Waals surface area contributed by atoms with E-state index < -0.39 is 18.1 Å². The highest BCUT2D eigenvalue weighted by molar-refractivity contribution is 14.1. The maximum atomic E-state index is 12.4. The standard InChI is InChI=1S/C19H25NO4.C13H13NO4.C6H13I/c1-5-13(6-2)11-15(18(21)23-3)16-12-20(19(22)24-4)17-10-8-7-9-14(16)17;1-17-12(15)7-9-8-14(13(16)18-2)11-6-4-3-5-10(9)11;1-3-6(4-2)5-7/h7-10,12-13,15H,5-6,11H2,1-4H3;3-6,8H,7H2,1-2H3;6H,3-5H2,1-2H3. The van der Waals surface area contributed by atoms with E-state index in [0.717, 1.165) is 46.2 Å². The van der Waals surface area contributed by atoms with E-state index in [2.05, 4.69) is 55.0 Å². The Morgan fingerprint density at radius 2 is 1.14 bits per heavy atom. The molecule has 0 bridgehead atoms. The number of ether oxygens (including phenoxy) is 4. The minimum Gasteiger partial charge on any atom is -0.469 e. The number of halogens is 1. The highest BCUT2D eigenvalue weighted by atomic mass is 127. The molecule has 49 heavy (non-hydrogen) atoms. The molecule has 0 N–H and O–H groups in total. The fourth-order valence-corrected chi connectivity index (χ4v) is 6.80. The van der Waals surface area contributed by atoms with Gasteiger partial charge in [-0.15, -0.1) is 0 Å². The molecule has 1 unspecified atom stereocenters. The number of fused-ring (bicyclic) bond motifs is 2. The molecule has 2 aromatic heterocycles. The van der Waals surface area contributed by atoms with Crippen molar-refractivity contribution in [3.05, 3.63) is 72.1 Å². The van der Waals surface area contributed by atoms with Crippen molar-refractivity contribution in [2.45, 2.75) is 72.1 Å². The third-order valence-electron chi connectivity index (χ3n) is 8.80. The van der Waals surface area contributed by atoms with E-state index in [9.17, 15) is 19.2 Å². The number of methoxy groups -OCH3 is 4. The zero-order valence-electron chi connectivity index (χ0n) is 30.0. The van der Waals surface area contributed by atoms with Crippen LogP contribution in [0.5, 0.6) is 0 Å². The summed E-state index contributed by atoms with van der Waals surface area (Å²) in [5, 5.41) is 1.72. The van der Waals surface area contributed by atoms with E-state index in [1.54, 1.807) is 18.5 Å². The van der Waals surface area contributed by atoms with Crippen LogP contribution in [0.25, 0.3) is 21.8 Å². The number of nitrogens with zero attached hydrogens (tertiary/aromatic N) is 2. The number of hydrogen-bond donors (Lipinski definition) is 0. The second-order valence-electron chi connectivity index (χ2n) is 11.5. The normalized spacial score (nSPS) is 11.3. The smallest absolute Gasteiger partial charge is 0.418 e. The van der Waals surface area contributed by atoms with Crippen molar-refractivity contribution in [2.24, 2.45) is 11.8 Å².